The molecular formula is C9H12N2OS. The van der Waals surface area contributed by atoms with Crippen LogP contribution in [0.2, 0.25) is 0 Å². The topological polar surface area (TPSA) is 37.9 Å². The van der Waals surface area contributed by atoms with Gasteiger partial charge >= 0.3 is 0 Å². The monoisotopic (exact) mass is 196 g/mol. The number of hydrogen-bond donors (Lipinski definition) is 1. The van der Waals surface area contributed by atoms with Crippen LogP contribution < -0.4 is 0 Å². The number of rotatable bonds is 1. The van der Waals surface area contributed by atoms with Crippen molar-refractivity contribution in [3.8, 4) is 0 Å². The average molecular weight is 196 g/mol. The number of hydrogen-bond acceptors (Lipinski definition) is 3. The summed E-state index contributed by atoms with van der Waals surface area (Å²) < 4.78 is 5.96. The molecule has 4 heteroatoms. The van der Waals surface area contributed by atoms with E-state index in [1.807, 2.05) is 13.0 Å². The van der Waals surface area contributed by atoms with E-state index >= 15 is 0 Å². The van der Waals surface area contributed by atoms with Crippen molar-refractivity contribution in [2.75, 3.05) is 13.2 Å². The number of aromatic nitrogens is 2. The molecule has 2 rings (SSSR count). The molecule has 1 N–H and O–H groups in total. The highest BCUT2D eigenvalue weighted by Gasteiger charge is 2.19. The molecule has 1 aliphatic heterocycles. The summed E-state index contributed by atoms with van der Waals surface area (Å²) in [6.07, 6.45) is 1.04. The van der Waals surface area contributed by atoms with Crippen LogP contribution in [0.3, 0.4) is 0 Å². The molecule has 2 heterocycles. The van der Waals surface area contributed by atoms with E-state index in [9.17, 15) is 0 Å². The first-order chi connectivity index (χ1) is 6.25. The van der Waals surface area contributed by atoms with Gasteiger partial charge in [0, 0.05) is 18.2 Å². The molecule has 0 radical (unpaired) electrons. The molecule has 1 aromatic rings. The fourth-order valence-electron chi connectivity index (χ4n) is 1.55. The van der Waals surface area contributed by atoms with Gasteiger partial charge in [0.2, 0.25) is 0 Å². The number of aromatic amines is 1. The molecule has 3 nitrogen and oxygen atoms in total. The molecule has 70 valence electrons. The van der Waals surface area contributed by atoms with Crippen LogP contribution in [-0.4, -0.2) is 23.2 Å². The summed E-state index contributed by atoms with van der Waals surface area (Å²) in [6.45, 7) is 3.60. The number of aryl methyl sites for hydroxylation is 1. The van der Waals surface area contributed by atoms with Crippen LogP contribution in [0.15, 0.2) is 6.07 Å². The van der Waals surface area contributed by atoms with Crippen molar-refractivity contribution < 1.29 is 4.74 Å². The fourth-order valence-corrected chi connectivity index (χ4v) is 1.82. The van der Waals surface area contributed by atoms with E-state index in [4.69, 9.17) is 17.0 Å². The zero-order valence-corrected chi connectivity index (χ0v) is 8.36. The van der Waals surface area contributed by atoms with Crippen LogP contribution in [0, 0.1) is 11.6 Å². The fraction of sp³-hybridized carbons (Fsp3) is 0.556. The summed E-state index contributed by atoms with van der Waals surface area (Å²) in [4.78, 5) is 7.53. The SMILES string of the molecule is Cc1cc(=S)nc(C2CCOC2)[nH]1. The summed E-state index contributed by atoms with van der Waals surface area (Å²) in [7, 11) is 0. The van der Waals surface area contributed by atoms with Crippen molar-refractivity contribution in [3.63, 3.8) is 0 Å². The van der Waals surface area contributed by atoms with Gasteiger partial charge in [-0.3, -0.25) is 0 Å². The summed E-state index contributed by atoms with van der Waals surface area (Å²) >= 11 is 5.05. The third kappa shape index (κ3) is 1.95. The Labute approximate surface area is 82.2 Å². The molecule has 0 bridgehead atoms. The lowest BCUT2D eigenvalue weighted by Gasteiger charge is -2.07. The van der Waals surface area contributed by atoms with Crippen molar-refractivity contribution in [2.24, 2.45) is 0 Å². The Morgan fingerprint density at radius 2 is 2.54 bits per heavy atom. The second-order valence-electron chi connectivity index (χ2n) is 3.35. The minimum Gasteiger partial charge on any atom is -0.381 e. The summed E-state index contributed by atoms with van der Waals surface area (Å²) in [5.41, 5.74) is 1.07. The van der Waals surface area contributed by atoms with Gasteiger partial charge in [0.1, 0.15) is 10.5 Å². The molecule has 0 amide bonds. The third-order valence-electron chi connectivity index (χ3n) is 2.21. The van der Waals surface area contributed by atoms with Crippen LogP contribution in [0.4, 0.5) is 0 Å². The van der Waals surface area contributed by atoms with Crippen molar-refractivity contribution in [1.82, 2.24) is 9.97 Å². The largest absolute Gasteiger partial charge is 0.381 e. The molecule has 1 atom stereocenters. The van der Waals surface area contributed by atoms with E-state index < -0.39 is 0 Å². The van der Waals surface area contributed by atoms with Crippen LogP contribution in [0.5, 0.6) is 0 Å². The average Bonchev–Trinajstić information content (AvgIpc) is 2.53. The minimum atomic E-state index is 0.404. The van der Waals surface area contributed by atoms with E-state index in [0.717, 1.165) is 31.2 Å². The maximum Gasteiger partial charge on any atom is 0.129 e. The van der Waals surface area contributed by atoms with Gasteiger partial charge in [-0.05, 0) is 19.4 Å². The number of nitrogens with zero attached hydrogens (tertiary/aromatic N) is 1. The Morgan fingerprint density at radius 3 is 3.15 bits per heavy atom. The highest BCUT2D eigenvalue weighted by molar-refractivity contribution is 7.71. The number of nitrogens with one attached hydrogen (secondary N) is 1. The standard InChI is InChI=1S/C9H12N2OS/c1-6-4-8(13)11-9(10-6)7-2-3-12-5-7/h4,7H,2-3,5H2,1H3,(H,10,11,13). The van der Waals surface area contributed by atoms with Crippen LogP contribution in [0.25, 0.3) is 0 Å². The molecule has 1 aromatic heterocycles. The Balaban J connectivity index is 2.33. The Bertz CT molecular complexity index is 355. The van der Waals surface area contributed by atoms with Gasteiger partial charge in [-0.1, -0.05) is 12.2 Å². The molecule has 13 heavy (non-hydrogen) atoms. The van der Waals surface area contributed by atoms with Gasteiger partial charge in [-0.2, -0.15) is 0 Å². The maximum absolute atomic E-state index is 5.30. The van der Waals surface area contributed by atoms with Gasteiger partial charge in [0.15, 0.2) is 0 Å². The van der Waals surface area contributed by atoms with Gasteiger partial charge in [0.25, 0.3) is 0 Å². The first-order valence-electron chi connectivity index (χ1n) is 4.41. The molecule has 0 spiro atoms. The summed E-state index contributed by atoms with van der Waals surface area (Å²) in [5.74, 6) is 1.38. The van der Waals surface area contributed by atoms with Gasteiger partial charge < -0.3 is 9.72 Å². The quantitative estimate of drug-likeness (QED) is 0.698. The minimum absolute atomic E-state index is 0.404. The summed E-state index contributed by atoms with van der Waals surface area (Å²) in [6, 6.07) is 1.87. The maximum atomic E-state index is 5.30. The van der Waals surface area contributed by atoms with Crippen LogP contribution in [0.1, 0.15) is 23.9 Å². The molecule has 0 aliphatic carbocycles. The van der Waals surface area contributed by atoms with Gasteiger partial charge in [-0.15, -0.1) is 0 Å². The van der Waals surface area contributed by atoms with Crippen molar-refractivity contribution in [2.45, 2.75) is 19.3 Å². The van der Waals surface area contributed by atoms with Crippen LogP contribution in [-0.2, 0) is 4.74 Å². The second-order valence-corrected chi connectivity index (χ2v) is 3.77. The Kier molecular flexibility index (Phi) is 2.42. The van der Waals surface area contributed by atoms with Gasteiger partial charge in [-0.25, -0.2) is 4.98 Å². The van der Waals surface area contributed by atoms with E-state index in [2.05, 4.69) is 9.97 Å². The molecular weight excluding hydrogens is 184 g/mol. The molecule has 1 fully saturated rings. The lowest BCUT2D eigenvalue weighted by atomic mass is 10.1. The van der Waals surface area contributed by atoms with Crippen molar-refractivity contribution in [3.05, 3.63) is 22.2 Å². The predicted octanol–water partition coefficient (Wildman–Crippen LogP) is 1.95. The van der Waals surface area contributed by atoms with Crippen molar-refractivity contribution in [1.29, 1.82) is 0 Å². The first-order valence-corrected chi connectivity index (χ1v) is 4.82. The predicted molar refractivity (Wildman–Crippen MR) is 52.3 cm³/mol. The molecule has 1 saturated heterocycles. The lowest BCUT2D eigenvalue weighted by Crippen LogP contribution is -2.05. The molecule has 0 aromatic carbocycles. The van der Waals surface area contributed by atoms with E-state index in [1.54, 1.807) is 0 Å². The molecule has 1 unspecified atom stereocenters. The Hall–Kier alpha value is -0.740. The second kappa shape index (κ2) is 3.55. The first kappa shape index (κ1) is 8.84. The Morgan fingerprint density at radius 1 is 1.69 bits per heavy atom. The van der Waals surface area contributed by atoms with E-state index in [1.165, 1.54) is 0 Å². The third-order valence-corrected chi connectivity index (χ3v) is 2.42. The van der Waals surface area contributed by atoms with E-state index in [-0.39, 0.29) is 0 Å². The van der Waals surface area contributed by atoms with Gasteiger partial charge in [0.05, 0.1) is 6.61 Å². The van der Waals surface area contributed by atoms with E-state index in [0.29, 0.717) is 10.6 Å². The smallest absolute Gasteiger partial charge is 0.129 e. The lowest BCUT2D eigenvalue weighted by molar-refractivity contribution is 0.193. The van der Waals surface area contributed by atoms with Crippen LogP contribution >= 0.6 is 12.2 Å². The number of ether oxygens (including phenoxy) is 1. The highest BCUT2D eigenvalue weighted by Crippen LogP contribution is 2.21. The number of H-pyrrole nitrogens is 1. The van der Waals surface area contributed by atoms with Crippen molar-refractivity contribution >= 4 is 12.2 Å². The zero-order chi connectivity index (χ0) is 9.26. The summed E-state index contributed by atoms with van der Waals surface area (Å²) in [5, 5.41) is 0. The molecule has 0 saturated carbocycles. The highest BCUT2D eigenvalue weighted by atomic mass is 32.1. The molecule has 1 aliphatic rings. The zero-order valence-electron chi connectivity index (χ0n) is 7.54. The normalized spacial score (nSPS) is 22.1.